The normalized spacial score (nSPS) is 10.7. The van der Waals surface area contributed by atoms with Crippen LogP contribution in [0, 0.1) is 13.8 Å². The van der Waals surface area contributed by atoms with Crippen molar-refractivity contribution >= 4 is 5.97 Å². The number of aryl methyl sites for hydroxylation is 2. The summed E-state index contributed by atoms with van der Waals surface area (Å²) in [4.78, 5) is 10.6. The van der Waals surface area contributed by atoms with Crippen LogP contribution in [0.15, 0.2) is 4.52 Å². The molecule has 0 bridgehead atoms. The van der Waals surface area contributed by atoms with Crippen molar-refractivity contribution < 1.29 is 14.4 Å². The number of carbonyl (C=O) groups is 1. The highest BCUT2D eigenvalue weighted by atomic mass is 16.5. The van der Waals surface area contributed by atoms with Crippen molar-refractivity contribution in [2.24, 2.45) is 0 Å². The second-order valence-corrected chi connectivity index (χ2v) is 3.63. The minimum absolute atomic E-state index is 0.258. The summed E-state index contributed by atoms with van der Waals surface area (Å²) >= 11 is 0. The first-order chi connectivity index (χ1) is 8.08. The highest BCUT2D eigenvalue weighted by Gasteiger charge is 2.15. The second kappa shape index (κ2) is 4.32. The number of aliphatic carboxylic acids is 1. The van der Waals surface area contributed by atoms with Gasteiger partial charge in [0, 0.05) is 12.0 Å². The van der Waals surface area contributed by atoms with Gasteiger partial charge in [0.2, 0.25) is 0 Å². The predicted molar refractivity (Wildman–Crippen MR) is 54.2 cm³/mol. The molecule has 0 atom stereocenters. The molecule has 0 aliphatic carbocycles. The molecule has 90 valence electrons. The zero-order chi connectivity index (χ0) is 12.4. The van der Waals surface area contributed by atoms with E-state index in [4.69, 9.17) is 9.63 Å². The molecule has 0 saturated carbocycles. The van der Waals surface area contributed by atoms with Gasteiger partial charge in [-0.3, -0.25) is 4.79 Å². The van der Waals surface area contributed by atoms with E-state index in [2.05, 4.69) is 20.7 Å². The molecule has 2 heterocycles. The maximum Gasteiger partial charge on any atom is 0.325 e. The fourth-order valence-electron chi connectivity index (χ4n) is 1.51. The van der Waals surface area contributed by atoms with E-state index in [0.29, 0.717) is 18.0 Å². The molecule has 17 heavy (non-hydrogen) atoms. The summed E-state index contributed by atoms with van der Waals surface area (Å²) in [5.41, 5.74) is 1.64. The fraction of sp³-hybridized carbons (Fsp3) is 0.444. The first-order valence-corrected chi connectivity index (χ1v) is 4.96. The molecule has 8 nitrogen and oxygen atoms in total. The number of carboxylic acids is 1. The summed E-state index contributed by atoms with van der Waals surface area (Å²) < 4.78 is 6.27. The van der Waals surface area contributed by atoms with E-state index in [1.165, 1.54) is 4.68 Å². The average Bonchev–Trinajstić information content (AvgIpc) is 2.80. The Hall–Kier alpha value is -2.25. The van der Waals surface area contributed by atoms with Crippen LogP contribution in [-0.4, -0.2) is 36.4 Å². The van der Waals surface area contributed by atoms with E-state index in [0.717, 1.165) is 11.3 Å². The van der Waals surface area contributed by atoms with Gasteiger partial charge in [-0.25, -0.2) is 4.68 Å². The zero-order valence-corrected chi connectivity index (χ0v) is 9.41. The molecule has 0 fully saturated rings. The van der Waals surface area contributed by atoms with Crippen molar-refractivity contribution in [3.8, 4) is 0 Å². The van der Waals surface area contributed by atoms with Gasteiger partial charge in [0.05, 0.1) is 5.69 Å². The fourth-order valence-corrected chi connectivity index (χ4v) is 1.51. The lowest BCUT2D eigenvalue weighted by atomic mass is 10.1. The van der Waals surface area contributed by atoms with Crippen molar-refractivity contribution in [3.05, 3.63) is 22.8 Å². The van der Waals surface area contributed by atoms with Gasteiger partial charge in [0.15, 0.2) is 5.82 Å². The molecular weight excluding hydrogens is 226 g/mol. The minimum atomic E-state index is -0.989. The zero-order valence-electron chi connectivity index (χ0n) is 9.41. The average molecular weight is 237 g/mol. The van der Waals surface area contributed by atoms with Gasteiger partial charge >= 0.3 is 5.97 Å². The summed E-state index contributed by atoms with van der Waals surface area (Å²) in [6.07, 6.45) is 0.404. The largest absolute Gasteiger partial charge is 0.480 e. The van der Waals surface area contributed by atoms with Crippen LogP contribution < -0.4 is 0 Å². The van der Waals surface area contributed by atoms with Gasteiger partial charge < -0.3 is 9.63 Å². The van der Waals surface area contributed by atoms with Crippen molar-refractivity contribution in [3.63, 3.8) is 0 Å². The van der Waals surface area contributed by atoms with E-state index >= 15 is 0 Å². The van der Waals surface area contributed by atoms with Crippen LogP contribution in [0.5, 0.6) is 0 Å². The van der Waals surface area contributed by atoms with E-state index in [9.17, 15) is 4.79 Å². The molecule has 0 aromatic carbocycles. The molecule has 0 saturated heterocycles. The SMILES string of the molecule is Cc1noc(C)c1Cc1nnnn1CC(=O)O. The molecule has 0 spiro atoms. The minimum Gasteiger partial charge on any atom is -0.480 e. The summed E-state index contributed by atoms with van der Waals surface area (Å²) in [6.45, 7) is 3.35. The lowest BCUT2D eigenvalue weighted by molar-refractivity contribution is -0.138. The van der Waals surface area contributed by atoms with E-state index in [-0.39, 0.29) is 6.54 Å². The molecule has 1 N–H and O–H groups in total. The highest BCUT2D eigenvalue weighted by molar-refractivity contribution is 5.66. The van der Waals surface area contributed by atoms with Crippen LogP contribution >= 0.6 is 0 Å². The van der Waals surface area contributed by atoms with Crippen LogP contribution in [0.25, 0.3) is 0 Å². The molecule has 2 aromatic heterocycles. The van der Waals surface area contributed by atoms with Gasteiger partial charge in [-0.2, -0.15) is 0 Å². The van der Waals surface area contributed by atoms with Gasteiger partial charge in [-0.1, -0.05) is 5.16 Å². The highest BCUT2D eigenvalue weighted by Crippen LogP contribution is 2.15. The Morgan fingerprint density at radius 3 is 2.82 bits per heavy atom. The Labute approximate surface area is 96.2 Å². The second-order valence-electron chi connectivity index (χ2n) is 3.63. The first-order valence-electron chi connectivity index (χ1n) is 4.96. The number of nitrogens with zero attached hydrogens (tertiary/aromatic N) is 5. The van der Waals surface area contributed by atoms with Gasteiger partial charge in [0.1, 0.15) is 12.3 Å². The Morgan fingerprint density at radius 2 is 2.24 bits per heavy atom. The number of hydrogen-bond donors (Lipinski definition) is 1. The third-order valence-electron chi connectivity index (χ3n) is 2.41. The topological polar surface area (TPSA) is 107 Å². The molecule has 0 aliphatic heterocycles. The van der Waals surface area contributed by atoms with E-state index in [1.807, 2.05) is 6.92 Å². The summed E-state index contributed by atoms with van der Waals surface area (Å²) in [6, 6.07) is 0. The number of aromatic nitrogens is 5. The first kappa shape index (κ1) is 11.2. The summed E-state index contributed by atoms with van der Waals surface area (Å²) in [7, 11) is 0. The third kappa shape index (κ3) is 2.30. The molecule has 0 radical (unpaired) electrons. The van der Waals surface area contributed by atoms with Crippen molar-refractivity contribution in [1.29, 1.82) is 0 Å². The Morgan fingerprint density at radius 1 is 1.47 bits per heavy atom. The Kier molecular flexibility index (Phi) is 2.86. The van der Waals surface area contributed by atoms with Gasteiger partial charge in [-0.15, -0.1) is 5.10 Å². The summed E-state index contributed by atoms with van der Waals surface area (Å²) in [5.74, 6) is 0.173. The third-order valence-corrected chi connectivity index (χ3v) is 2.41. The molecule has 0 aliphatic rings. The molecule has 2 aromatic rings. The summed E-state index contributed by atoms with van der Waals surface area (Å²) in [5, 5.41) is 23.4. The van der Waals surface area contributed by atoms with E-state index < -0.39 is 5.97 Å². The van der Waals surface area contributed by atoms with Crippen LogP contribution in [0.3, 0.4) is 0 Å². The monoisotopic (exact) mass is 237 g/mol. The standard InChI is InChI=1S/C9H11N5O3/c1-5-7(6(2)17-11-5)3-8-10-12-13-14(8)4-9(15)16/h3-4H2,1-2H3,(H,15,16). The lowest BCUT2D eigenvalue weighted by Gasteiger charge is -2.00. The van der Waals surface area contributed by atoms with Crippen LogP contribution in [0.1, 0.15) is 22.8 Å². The number of carboxylic acid groups (broad SMARTS) is 1. The Balaban J connectivity index is 2.25. The lowest BCUT2D eigenvalue weighted by Crippen LogP contribution is -2.14. The number of hydrogen-bond acceptors (Lipinski definition) is 6. The molecule has 2 rings (SSSR count). The molecule has 8 heteroatoms. The maximum absolute atomic E-state index is 10.6. The van der Waals surface area contributed by atoms with Crippen LogP contribution in [0.4, 0.5) is 0 Å². The van der Waals surface area contributed by atoms with Crippen LogP contribution in [-0.2, 0) is 17.8 Å². The van der Waals surface area contributed by atoms with Gasteiger partial charge in [0.25, 0.3) is 0 Å². The maximum atomic E-state index is 10.6. The number of tetrazole rings is 1. The smallest absolute Gasteiger partial charge is 0.325 e. The number of rotatable bonds is 4. The molecule has 0 unspecified atom stereocenters. The van der Waals surface area contributed by atoms with Crippen molar-refractivity contribution in [1.82, 2.24) is 25.4 Å². The van der Waals surface area contributed by atoms with Gasteiger partial charge in [-0.05, 0) is 24.3 Å². The van der Waals surface area contributed by atoms with Crippen molar-refractivity contribution in [2.45, 2.75) is 26.8 Å². The Bertz CT molecular complexity index is 525. The van der Waals surface area contributed by atoms with Crippen molar-refractivity contribution in [2.75, 3.05) is 0 Å². The molecule has 0 amide bonds. The molecular formula is C9H11N5O3. The quantitative estimate of drug-likeness (QED) is 0.794. The predicted octanol–water partition coefficient (Wildman–Crippen LogP) is -0.0467. The van der Waals surface area contributed by atoms with E-state index in [1.54, 1.807) is 6.92 Å². The van der Waals surface area contributed by atoms with Crippen LogP contribution in [0.2, 0.25) is 0 Å².